The van der Waals surface area contributed by atoms with Crippen LogP contribution in [0.1, 0.15) is 34.3 Å². The number of Topliss-reactive ketones (excluding diaryl/α,β-unsaturated/α-hetero) is 1. The second-order valence-electron chi connectivity index (χ2n) is 7.42. The minimum absolute atomic E-state index is 0.0184. The maximum absolute atomic E-state index is 12.7. The van der Waals surface area contributed by atoms with E-state index in [9.17, 15) is 9.59 Å². The molecule has 0 aliphatic carbocycles. The summed E-state index contributed by atoms with van der Waals surface area (Å²) in [7, 11) is 0. The molecular formula is C23H24N2O2. The summed E-state index contributed by atoms with van der Waals surface area (Å²) in [4.78, 5) is 30.5. The highest BCUT2D eigenvalue weighted by molar-refractivity contribution is 5.98. The molecule has 1 aliphatic rings. The van der Waals surface area contributed by atoms with Crippen molar-refractivity contribution in [1.29, 1.82) is 0 Å². The Labute approximate surface area is 159 Å². The highest BCUT2D eigenvalue weighted by atomic mass is 16.2. The minimum Gasteiger partial charge on any atom is -0.361 e. The predicted octanol–water partition coefficient (Wildman–Crippen LogP) is 4.14. The van der Waals surface area contributed by atoms with Crippen molar-refractivity contribution < 1.29 is 9.59 Å². The van der Waals surface area contributed by atoms with Gasteiger partial charge in [0.25, 0.3) is 0 Å². The maximum Gasteiger partial charge on any atom is 0.227 e. The molecule has 138 valence electrons. The van der Waals surface area contributed by atoms with Gasteiger partial charge in [0, 0.05) is 41.7 Å². The summed E-state index contributed by atoms with van der Waals surface area (Å²) in [5, 5.41) is 1.11. The van der Waals surface area contributed by atoms with E-state index in [1.807, 2.05) is 66.6 Å². The zero-order valence-corrected chi connectivity index (χ0v) is 15.6. The number of aromatic nitrogens is 1. The lowest BCUT2D eigenvalue weighted by Crippen LogP contribution is -2.41. The predicted molar refractivity (Wildman–Crippen MR) is 107 cm³/mol. The number of ketones is 1. The second-order valence-corrected chi connectivity index (χ2v) is 7.42. The number of hydrogen-bond acceptors (Lipinski definition) is 2. The van der Waals surface area contributed by atoms with Crippen LogP contribution in [0.3, 0.4) is 0 Å². The van der Waals surface area contributed by atoms with Gasteiger partial charge in [0.15, 0.2) is 5.78 Å². The van der Waals surface area contributed by atoms with Crippen molar-refractivity contribution in [3.05, 3.63) is 71.4 Å². The molecule has 4 rings (SSSR count). The van der Waals surface area contributed by atoms with E-state index in [0.29, 0.717) is 19.5 Å². The van der Waals surface area contributed by atoms with Gasteiger partial charge < -0.3 is 9.88 Å². The van der Waals surface area contributed by atoms with Crippen LogP contribution in [0.5, 0.6) is 0 Å². The smallest absolute Gasteiger partial charge is 0.227 e. The lowest BCUT2D eigenvalue weighted by molar-refractivity contribution is -0.131. The van der Waals surface area contributed by atoms with Crippen molar-refractivity contribution in [2.45, 2.75) is 26.2 Å². The molecule has 0 unspecified atom stereocenters. The third kappa shape index (κ3) is 3.65. The molecule has 27 heavy (non-hydrogen) atoms. The van der Waals surface area contributed by atoms with Crippen molar-refractivity contribution in [3.8, 4) is 0 Å². The van der Waals surface area contributed by atoms with E-state index >= 15 is 0 Å². The topological polar surface area (TPSA) is 53.2 Å². The van der Waals surface area contributed by atoms with Gasteiger partial charge in [-0.3, -0.25) is 9.59 Å². The van der Waals surface area contributed by atoms with Crippen LogP contribution in [0.25, 0.3) is 10.9 Å². The number of H-pyrrole nitrogens is 1. The molecule has 0 radical (unpaired) electrons. The molecule has 1 aromatic heterocycles. The molecule has 4 nitrogen and oxygen atoms in total. The number of aryl methyl sites for hydroxylation is 1. The van der Waals surface area contributed by atoms with Gasteiger partial charge in [0.1, 0.15) is 0 Å². The molecule has 0 atom stereocenters. The minimum atomic E-state index is 0.0184. The SMILES string of the molecule is Cc1ccc(C(=O)C2CCN(C(=O)Cc3c[nH]c4ccccc34)CC2)cc1. The highest BCUT2D eigenvalue weighted by Crippen LogP contribution is 2.24. The van der Waals surface area contributed by atoms with E-state index in [0.717, 1.165) is 40.4 Å². The summed E-state index contributed by atoms with van der Waals surface area (Å²) >= 11 is 0. The van der Waals surface area contributed by atoms with Crippen LogP contribution in [0.15, 0.2) is 54.7 Å². The fourth-order valence-electron chi connectivity index (χ4n) is 3.90. The largest absolute Gasteiger partial charge is 0.361 e. The number of aromatic amines is 1. The van der Waals surface area contributed by atoms with Crippen LogP contribution in [-0.2, 0) is 11.2 Å². The first-order valence-corrected chi connectivity index (χ1v) is 9.55. The van der Waals surface area contributed by atoms with Crippen molar-refractivity contribution in [1.82, 2.24) is 9.88 Å². The van der Waals surface area contributed by atoms with Gasteiger partial charge in [-0.2, -0.15) is 0 Å². The molecule has 0 saturated carbocycles. The number of amides is 1. The van der Waals surface area contributed by atoms with E-state index in [4.69, 9.17) is 0 Å². The maximum atomic E-state index is 12.7. The Morgan fingerprint density at radius 1 is 1.04 bits per heavy atom. The van der Waals surface area contributed by atoms with Gasteiger partial charge in [0.05, 0.1) is 6.42 Å². The Hall–Kier alpha value is -2.88. The number of carbonyl (C=O) groups is 2. The number of piperidine rings is 1. The average molecular weight is 360 g/mol. The number of hydrogen-bond donors (Lipinski definition) is 1. The van der Waals surface area contributed by atoms with Crippen LogP contribution >= 0.6 is 0 Å². The summed E-state index contributed by atoms with van der Waals surface area (Å²) in [6.45, 7) is 3.33. The summed E-state index contributed by atoms with van der Waals surface area (Å²) in [5.41, 5.74) is 4.03. The highest BCUT2D eigenvalue weighted by Gasteiger charge is 2.28. The van der Waals surface area contributed by atoms with Gasteiger partial charge in [-0.1, -0.05) is 48.0 Å². The molecule has 2 heterocycles. The number of para-hydroxylation sites is 1. The number of likely N-dealkylation sites (tertiary alicyclic amines) is 1. The van der Waals surface area contributed by atoms with Gasteiger partial charge in [-0.25, -0.2) is 0 Å². The fraction of sp³-hybridized carbons (Fsp3) is 0.304. The Balaban J connectivity index is 1.36. The molecule has 2 aromatic carbocycles. The number of carbonyl (C=O) groups excluding carboxylic acids is 2. The first-order chi connectivity index (χ1) is 13.1. The summed E-state index contributed by atoms with van der Waals surface area (Å²) in [6, 6.07) is 15.8. The lowest BCUT2D eigenvalue weighted by atomic mass is 9.88. The Morgan fingerprint density at radius 3 is 2.48 bits per heavy atom. The fourth-order valence-corrected chi connectivity index (χ4v) is 3.90. The van der Waals surface area contributed by atoms with Crippen molar-refractivity contribution in [2.75, 3.05) is 13.1 Å². The number of nitrogens with zero attached hydrogens (tertiary/aromatic N) is 1. The van der Waals surface area contributed by atoms with E-state index in [2.05, 4.69) is 4.98 Å². The first kappa shape index (κ1) is 17.5. The van der Waals surface area contributed by atoms with Crippen molar-refractivity contribution >= 4 is 22.6 Å². The number of rotatable bonds is 4. The summed E-state index contributed by atoms with van der Waals surface area (Å²) in [5.74, 6) is 0.365. The molecule has 3 aromatic rings. The standard InChI is InChI=1S/C23H24N2O2/c1-16-6-8-17(9-7-16)23(27)18-10-12-25(13-11-18)22(26)14-19-15-24-21-5-3-2-4-20(19)21/h2-9,15,18,24H,10-14H2,1H3. The van der Waals surface area contributed by atoms with Gasteiger partial charge in [-0.15, -0.1) is 0 Å². The number of fused-ring (bicyclic) bond motifs is 1. The van der Waals surface area contributed by atoms with Crippen LogP contribution in [0.4, 0.5) is 0 Å². The molecule has 0 bridgehead atoms. The van der Waals surface area contributed by atoms with Gasteiger partial charge in [0.2, 0.25) is 5.91 Å². The Kier molecular flexibility index (Phi) is 4.80. The van der Waals surface area contributed by atoms with E-state index < -0.39 is 0 Å². The van der Waals surface area contributed by atoms with Crippen LogP contribution in [0.2, 0.25) is 0 Å². The van der Waals surface area contributed by atoms with Crippen molar-refractivity contribution in [3.63, 3.8) is 0 Å². The molecule has 1 aliphatic heterocycles. The average Bonchev–Trinajstić information content (AvgIpc) is 3.11. The number of benzene rings is 2. The molecule has 0 spiro atoms. The van der Waals surface area contributed by atoms with Crippen LogP contribution < -0.4 is 0 Å². The van der Waals surface area contributed by atoms with Crippen LogP contribution in [0, 0.1) is 12.8 Å². The second kappa shape index (κ2) is 7.39. The van der Waals surface area contributed by atoms with Gasteiger partial charge >= 0.3 is 0 Å². The zero-order valence-electron chi connectivity index (χ0n) is 15.6. The molecule has 1 N–H and O–H groups in total. The van der Waals surface area contributed by atoms with E-state index in [1.54, 1.807) is 0 Å². The molecule has 1 amide bonds. The van der Waals surface area contributed by atoms with E-state index in [1.165, 1.54) is 0 Å². The van der Waals surface area contributed by atoms with Crippen LogP contribution in [-0.4, -0.2) is 34.7 Å². The molecule has 4 heteroatoms. The number of nitrogens with one attached hydrogen (secondary N) is 1. The zero-order chi connectivity index (χ0) is 18.8. The molecule has 1 fully saturated rings. The van der Waals surface area contributed by atoms with Crippen molar-refractivity contribution in [2.24, 2.45) is 5.92 Å². The third-order valence-electron chi connectivity index (χ3n) is 5.57. The monoisotopic (exact) mass is 360 g/mol. The summed E-state index contributed by atoms with van der Waals surface area (Å²) in [6.07, 6.45) is 3.81. The van der Waals surface area contributed by atoms with Gasteiger partial charge in [-0.05, 0) is 31.4 Å². The summed E-state index contributed by atoms with van der Waals surface area (Å²) < 4.78 is 0. The van der Waals surface area contributed by atoms with E-state index in [-0.39, 0.29) is 17.6 Å². The Bertz CT molecular complexity index is 963. The Morgan fingerprint density at radius 2 is 1.74 bits per heavy atom. The normalized spacial score (nSPS) is 15.2. The molecule has 1 saturated heterocycles. The lowest BCUT2D eigenvalue weighted by Gasteiger charge is -2.31. The molecular weight excluding hydrogens is 336 g/mol. The third-order valence-corrected chi connectivity index (χ3v) is 5.57. The first-order valence-electron chi connectivity index (χ1n) is 9.55. The quantitative estimate of drug-likeness (QED) is 0.711.